The number of hydrogen-bond donors (Lipinski definition) is 0. The van der Waals surface area contributed by atoms with Gasteiger partial charge < -0.3 is 0 Å². The number of benzene rings is 1. The van der Waals surface area contributed by atoms with E-state index >= 15 is 0 Å². The average molecular weight is 278 g/mol. The van der Waals surface area contributed by atoms with Crippen molar-refractivity contribution in [3.05, 3.63) is 29.8 Å². The molecule has 0 bridgehead atoms. The van der Waals surface area contributed by atoms with Gasteiger partial charge in [-0.25, -0.2) is 0 Å². The minimum Gasteiger partial charge on any atom is -0.258 e. The predicted octanol–water partition coefficient (Wildman–Crippen LogP) is 5.19. The number of aliphatic imine (C=N–C) groups is 1. The molecule has 18 heavy (non-hydrogen) atoms. The third kappa shape index (κ3) is 4.29. The van der Waals surface area contributed by atoms with Crippen LogP contribution in [-0.2, 0) is 0 Å². The zero-order valence-corrected chi connectivity index (χ0v) is 13.7. The number of nitrogens with zero attached hydrogens (tertiary/aromatic N) is 1. The normalized spacial score (nSPS) is 22.7. The van der Waals surface area contributed by atoms with Gasteiger partial charge in [0.1, 0.15) is 7.22 Å². The summed E-state index contributed by atoms with van der Waals surface area (Å²) in [6.07, 6.45) is 3.71. The van der Waals surface area contributed by atoms with E-state index in [1.807, 2.05) is 0 Å². The van der Waals surface area contributed by atoms with Crippen molar-refractivity contribution in [2.75, 3.05) is 0 Å². The van der Waals surface area contributed by atoms with E-state index in [0.717, 1.165) is 10.9 Å². The molecule has 0 heterocycles. The molecule has 98 valence electrons. The molecule has 0 N–H and O–H groups in total. The van der Waals surface area contributed by atoms with Gasteiger partial charge in [-0.05, 0) is 38.3 Å². The number of hydrogen-bond acceptors (Lipinski definition) is 2. The van der Waals surface area contributed by atoms with Crippen LogP contribution in [0, 0.1) is 6.92 Å². The van der Waals surface area contributed by atoms with E-state index in [1.165, 1.54) is 30.5 Å². The molecule has 0 spiro atoms. The second kappa shape index (κ2) is 5.62. The van der Waals surface area contributed by atoms with Crippen molar-refractivity contribution in [2.24, 2.45) is 4.99 Å². The van der Waals surface area contributed by atoms with Crippen LogP contribution in [0.2, 0.25) is 19.6 Å². The summed E-state index contributed by atoms with van der Waals surface area (Å²) < 4.78 is 0. The van der Waals surface area contributed by atoms with Gasteiger partial charge in [0, 0.05) is 11.0 Å². The van der Waals surface area contributed by atoms with E-state index in [1.54, 1.807) is 0 Å². The molecule has 0 aliphatic heterocycles. The maximum atomic E-state index is 4.80. The Labute approximate surface area is 116 Å². The smallest absolute Gasteiger partial charge is 0.108 e. The standard InChI is InChI=1S/C15H23NSSi/c1-12-5-7-13(8-6-12)16-14-9-10-15(11-14)17-18(2,3)4/h5-8,15H,9-11H2,1-4H3/b16-14+. The Kier molecular flexibility index (Phi) is 4.33. The Hall–Kier alpha value is -0.543. The van der Waals surface area contributed by atoms with Gasteiger partial charge in [-0.2, -0.15) is 11.2 Å². The van der Waals surface area contributed by atoms with Gasteiger partial charge in [0.15, 0.2) is 0 Å². The van der Waals surface area contributed by atoms with Gasteiger partial charge >= 0.3 is 0 Å². The molecule has 2 rings (SSSR count). The molecule has 1 fully saturated rings. The van der Waals surface area contributed by atoms with E-state index in [0.29, 0.717) is 0 Å². The van der Waals surface area contributed by atoms with Crippen LogP contribution in [0.1, 0.15) is 24.8 Å². The summed E-state index contributed by atoms with van der Waals surface area (Å²) in [6.45, 7) is 9.43. The molecule has 1 unspecified atom stereocenters. The maximum Gasteiger partial charge on any atom is 0.108 e. The highest BCUT2D eigenvalue weighted by atomic mass is 32.4. The van der Waals surface area contributed by atoms with Crippen LogP contribution in [0.4, 0.5) is 5.69 Å². The van der Waals surface area contributed by atoms with E-state index in [2.05, 4.69) is 62.0 Å². The molecule has 3 heteroatoms. The molecule has 0 radical (unpaired) electrons. The van der Waals surface area contributed by atoms with Crippen LogP contribution in [0.3, 0.4) is 0 Å². The molecule has 1 aliphatic carbocycles. The van der Waals surface area contributed by atoms with Crippen LogP contribution in [0.25, 0.3) is 0 Å². The van der Waals surface area contributed by atoms with Gasteiger partial charge in [0.25, 0.3) is 0 Å². The Morgan fingerprint density at radius 1 is 1.17 bits per heavy atom. The zero-order chi connectivity index (χ0) is 13.2. The lowest BCUT2D eigenvalue weighted by Crippen LogP contribution is -2.18. The van der Waals surface area contributed by atoms with Crippen molar-refractivity contribution < 1.29 is 0 Å². The fraction of sp³-hybridized carbons (Fsp3) is 0.533. The summed E-state index contributed by atoms with van der Waals surface area (Å²) in [5.74, 6) is 0. The Bertz CT molecular complexity index is 431. The highest BCUT2D eigenvalue weighted by Crippen LogP contribution is 2.35. The fourth-order valence-electron chi connectivity index (χ4n) is 2.30. The van der Waals surface area contributed by atoms with Crippen molar-refractivity contribution in [1.82, 2.24) is 0 Å². The van der Waals surface area contributed by atoms with E-state index < -0.39 is 7.22 Å². The third-order valence-corrected chi connectivity index (χ3v) is 7.62. The SMILES string of the molecule is Cc1ccc(/N=C2\CCC(S[Si](C)(C)C)C2)cc1. The van der Waals surface area contributed by atoms with Crippen molar-refractivity contribution in [3.8, 4) is 0 Å². The first kappa shape index (κ1) is 13.9. The van der Waals surface area contributed by atoms with Crippen molar-refractivity contribution >= 4 is 29.8 Å². The lowest BCUT2D eigenvalue weighted by Gasteiger charge is -2.19. The molecule has 1 aromatic carbocycles. The summed E-state index contributed by atoms with van der Waals surface area (Å²) in [5.41, 5.74) is 3.82. The second-order valence-electron chi connectivity index (χ2n) is 6.11. The minimum atomic E-state index is -0.990. The summed E-state index contributed by atoms with van der Waals surface area (Å²) in [4.78, 5) is 4.80. The van der Waals surface area contributed by atoms with Crippen LogP contribution < -0.4 is 0 Å². The lowest BCUT2D eigenvalue weighted by molar-refractivity contribution is 0.911. The van der Waals surface area contributed by atoms with Crippen molar-refractivity contribution in [2.45, 2.75) is 51.1 Å². The Morgan fingerprint density at radius 2 is 1.83 bits per heavy atom. The van der Waals surface area contributed by atoms with Gasteiger partial charge in [-0.3, -0.25) is 4.99 Å². The van der Waals surface area contributed by atoms with Crippen LogP contribution in [0.15, 0.2) is 29.3 Å². The van der Waals surface area contributed by atoms with E-state index in [9.17, 15) is 0 Å². The third-order valence-electron chi connectivity index (χ3n) is 3.06. The molecular weight excluding hydrogens is 254 g/mol. The predicted molar refractivity (Wildman–Crippen MR) is 86.9 cm³/mol. The van der Waals surface area contributed by atoms with Crippen molar-refractivity contribution in [1.29, 1.82) is 0 Å². The quantitative estimate of drug-likeness (QED) is 0.693. The summed E-state index contributed by atoms with van der Waals surface area (Å²) in [7, 11) is -0.990. The number of aryl methyl sites for hydroxylation is 1. The molecule has 0 amide bonds. The van der Waals surface area contributed by atoms with Gasteiger partial charge in [0.05, 0.1) is 5.69 Å². The largest absolute Gasteiger partial charge is 0.258 e. The fourth-order valence-corrected chi connectivity index (χ4v) is 7.41. The molecule has 0 aromatic heterocycles. The topological polar surface area (TPSA) is 12.4 Å². The minimum absolute atomic E-state index is 0.820. The molecule has 0 saturated heterocycles. The van der Waals surface area contributed by atoms with Gasteiger partial charge in [-0.1, -0.05) is 37.3 Å². The monoisotopic (exact) mass is 277 g/mol. The highest BCUT2D eigenvalue weighted by Gasteiger charge is 2.26. The second-order valence-corrected chi connectivity index (χ2v) is 15.6. The van der Waals surface area contributed by atoms with Gasteiger partial charge in [0.2, 0.25) is 0 Å². The van der Waals surface area contributed by atoms with Crippen LogP contribution in [-0.4, -0.2) is 18.2 Å². The van der Waals surface area contributed by atoms with Gasteiger partial charge in [-0.15, -0.1) is 0 Å². The van der Waals surface area contributed by atoms with Crippen LogP contribution in [0.5, 0.6) is 0 Å². The Morgan fingerprint density at radius 3 is 2.44 bits per heavy atom. The molecule has 1 aliphatic rings. The summed E-state index contributed by atoms with van der Waals surface area (Å²) >= 11 is 2.24. The summed E-state index contributed by atoms with van der Waals surface area (Å²) in [6, 6.07) is 8.54. The summed E-state index contributed by atoms with van der Waals surface area (Å²) in [5, 5.41) is 0.820. The Balaban J connectivity index is 1.98. The molecular formula is C15H23NSSi. The van der Waals surface area contributed by atoms with Crippen LogP contribution >= 0.6 is 11.2 Å². The molecule has 1 nitrogen and oxygen atoms in total. The molecule has 1 atom stereocenters. The van der Waals surface area contributed by atoms with Crippen molar-refractivity contribution in [3.63, 3.8) is 0 Å². The first-order valence-corrected chi connectivity index (χ1v) is 11.8. The maximum absolute atomic E-state index is 4.80. The highest BCUT2D eigenvalue weighted by molar-refractivity contribution is 8.29. The molecule has 1 saturated carbocycles. The lowest BCUT2D eigenvalue weighted by atomic mass is 10.2. The number of rotatable bonds is 3. The zero-order valence-electron chi connectivity index (χ0n) is 11.9. The average Bonchev–Trinajstić information content (AvgIpc) is 2.66. The van der Waals surface area contributed by atoms with E-state index in [-0.39, 0.29) is 0 Å². The molecule has 1 aromatic rings. The first-order valence-electron chi connectivity index (χ1n) is 6.73. The first-order chi connectivity index (χ1) is 8.42. The van der Waals surface area contributed by atoms with E-state index in [4.69, 9.17) is 4.99 Å².